The Kier molecular flexibility index (Phi) is 4.20. The molecule has 0 aliphatic heterocycles. The molecule has 0 nitrogen and oxygen atoms in total. The number of hydrogen-bond donors (Lipinski definition) is 0. The molecule has 0 aliphatic carbocycles. The van der Waals surface area contributed by atoms with Crippen molar-refractivity contribution >= 4 is 15.9 Å². The maximum absolute atomic E-state index is 13.7. The van der Waals surface area contributed by atoms with E-state index in [-0.39, 0.29) is 0 Å². The predicted molar refractivity (Wildman–Crippen MR) is 64.4 cm³/mol. The second-order valence-electron chi connectivity index (χ2n) is 4.11. The molecule has 0 radical (unpaired) electrons. The van der Waals surface area contributed by atoms with E-state index in [0.29, 0.717) is 6.07 Å². The monoisotopic (exact) mass is 390 g/mol. The van der Waals surface area contributed by atoms with Gasteiger partial charge in [0.15, 0.2) is 23.3 Å². The molecule has 0 fully saturated rings. The van der Waals surface area contributed by atoms with Crippen molar-refractivity contribution in [1.29, 1.82) is 0 Å². The molecule has 0 aliphatic rings. The third-order valence-electron chi connectivity index (χ3n) is 2.78. The molecule has 0 N–H and O–H groups in total. The van der Waals surface area contributed by atoms with Gasteiger partial charge in [0.2, 0.25) is 5.82 Å². The summed E-state index contributed by atoms with van der Waals surface area (Å²) in [5.41, 5.74) is -3.55. The summed E-state index contributed by atoms with van der Waals surface area (Å²) in [5.74, 6) is -11.3. The Balaban J connectivity index is 2.85. The smallest absolute Gasteiger partial charge is 0.203 e. The number of alkyl halides is 3. The molecule has 0 atom stereocenters. The van der Waals surface area contributed by atoms with Crippen LogP contribution in [-0.2, 0) is 6.18 Å². The van der Waals surface area contributed by atoms with Gasteiger partial charge in [0.25, 0.3) is 0 Å². The van der Waals surface area contributed by atoms with Gasteiger partial charge in [-0.25, -0.2) is 22.0 Å². The third kappa shape index (κ3) is 2.57. The second kappa shape index (κ2) is 5.53. The Morgan fingerprint density at radius 1 is 0.727 bits per heavy atom. The van der Waals surface area contributed by atoms with Crippen LogP contribution in [0, 0.1) is 29.1 Å². The summed E-state index contributed by atoms with van der Waals surface area (Å²) in [6, 6.07) is 2.19. The average molecular weight is 391 g/mol. The highest BCUT2D eigenvalue weighted by Gasteiger charge is 2.35. The minimum atomic E-state index is -4.88. The second-order valence-corrected chi connectivity index (χ2v) is 4.90. The van der Waals surface area contributed by atoms with Crippen LogP contribution in [0.2, 0.25) is 0 Å². The molecular weight excluding hydrogens is 388 g/mol. The zero-order valence-electron chi connectivity index (χ0n) is 10.1. The van der Waals surface area contributed by atoms with Crippen molar-refractivity contribution < 1.29 is 35.1 Å². The molecule has 0 saturated heterocycles. The van der Waals surface area contributed by atoms with Crippen LogP contribution in [0.15, 0.2) is 22.7 Å². The lowest BCUT2D eigenvalue weighted by Crippen LogP contribution is -2.08. The van der Waals surface area contributed by atoms with Crippen molar-refractivity contribution in [3.8, 4) is 11.1 Å². The van der Waals surface area contributed by atoms with Gasteiger partial charge in [-0.3, -0.25) is 0 Å². The highest BCUT2D eigenvalue weighted by Crippen LogP contribution is 2.42. The molecule has 0 unspecified atom stereocenters. The van der Waals surface area contributed by atoms with Gasteiger partial charge in [0.1, 0.15) is 0 Å². The van der Waals surface area contributed by atoms with E-state index in [9.17, 15) is 35.1 Å². The fourth-order valence-corrected chi connectivity index (χ4v) is 2.47. The van der Waals surface area contributed by atoms with E-state index in [0.717, 1.165) is 12.1 Å². The fraction of sp³-hybridized carbons (Fsp3) is 0.0769. The minimum absolute atomic E-state index is 0.597. The predicted octanol–water partition coefficient (Wildman–Crippen LogP) is 5.83. The largest absolute Gasteiger partial charge is 0.417 e. The summed E-state index contributed by atoms with van der Waals surface area (Å²) in [5, 5.41) is 0. The Hall–Kier alpha value is -1.64. The van der Waals surface area contributed by atoms with Crippen LogP contribution in [0.3, 0.4) is 0 Å². The first-order valence-electron chi connectivity index (χ1n) is 5.44. The molecule has 0 saturated carbocycles. The number of halogens is 9. The molecule has 2 aromatic carbocycles. The van der Waals surface area contributed by atoms with Crippen molar-refractivity contribution in [2.75, 3.05) is 0 Å². The first-order chi connectivity index (χ1) is 10.1. The number of benzene rings is 2. The van der Waals surface area contributed by atoms with Crippen molar-refractivity contribution in [2.45, 2.75) is 6.18 Å². The maximum Gasteiger partial charge on any atom is 0.417 e. The zero-order valence-corrected chi connectivity index (χ0v) is 11.7. The Morgan fingerprint density at radius 3 is 1.64 bits per heavy atom. The van der Waals surface area contributed by atoms with Gasteiger partial charge in [-0.05, 0) is 22.0 Å². The molecule has 0 aromatic heterocycles. The summed E-state index contributed by atoms with van der Waals surface area (Å²) in [6.45, 7) is 0. The normalized spacial score (nSPS) is 11.9. The van der Waals surface area contributed by atoms with Gasteiger partial charge in [0.05, 0.1) is 11.1 Å². The standard InChI is InChI=1S/C13H3BrF8/c14-7-4(2-1-3-5(7)13(20,21)22)6-8(15)10(17)12(19)11(18)9(6)16/h1-3H. The average Bonchev–Trinajstić information content (AvgIpc) is 2.43. The molecular formula is C13H3BrF8. The summed E-state index contributed by atoms with van der Waals surface area (Å²) in [4.78, 5) is 0. The van der Waals surface area contributed by atoms with E-state index in [1.807, 2.05) is 0 Å². The van der Waals surface area contributed by atoms with E-state index < -0.39 is 56.4 Å². The minimum Gasteiger partial charge on any atom is -0.203 e. The number of hydrogen-bond acceptors (Lipinski definition) is 0. The fourth-order valence-electron chi connectivity index (χ4n) is 1.79. The summed E-state index contributed by atoms with van der Waals surface area (Å²) >= 11 is 2.50. The van der Waals surface area contributed by atoms with Gasteiger partial charge in [-0.2, -0.15) is 13.2 Å². The van der Waals surface area contributed by atoms with Gasteiger partial charge < -0.3 is 0 Å². The highest BCUT2D eigenvalue weighted by atomic mass is 79.9. The first-order valence-corrected chi connectivity index (χ1v) is 6.24. The van der Waals surface area contributed by atoms with E-state index >= 15 is 0 Å². The highest BCUT2D eigenvalue weighted by molar-refractivity contribution is 9.10. The van der Waals surface area contributed by atoms with Crippen molar-refractivity contribution in [2.24, 2.45) is 0 Å². The maximum atomic E-state index is 13.7. The van der Waals surface area contributed by atoms with Crippen molar-refractivity contribution in [3.05, 3.63) is 57.3 Å². The van der Waals surface area contributed by atoms with Crippen LogP contribution in [0.5, 0.6) is 0 Å². The SMILES string of the molecule is Fc1c(F)c(F)c(-c2cccc(C(F)(F)F)c2Br)c(F)c1F. The van der Waals surface area contributed by atoms with Crippen LogP contribution >= 0.6 is 15.9 Å². The van der Waals surface area contributed by atoms with E-state index in [2.05, 4.69) is 15.9 Å². The van der Waals surface area contributed by atoms with E-state index in [1.165, 1.54) is 0 Å². The van der Waals surface area contributed by atoms with Crippen molar-refractivity contribution in [3.63, 3.8) is 0 Å². The Labute approximate surface area is 126 Å². The quantitative estimate of drug-likeness (QED) is 0.326. The molecule has 9 heteroatoms. The first kappa shape index (κ1) is 16.7. The lowest BCUT2D eigenvalue weighted by atomic mass is 10.0. The molecule has 2 rings (SSSR count). The summed E-state index contributed by atoms with van der Waals surface area (Å²) < 4.78 is 104. The topological polar surface area (TPSA) is 0 Å². The summed E-state index contributed by atoms with van der Waals surface area (Å²) in [7, 11) is 0. The lowest BCUT2D eigenvalue weighted by molar-refractivity contribution is -0.138. The molecule has 0 spiro atoms. The molecule has 2 aromatic rings. The van der Waals surface area contributed by atoms with Gasteiger partial charge in [-0.15, -0.1) is 0 Å². The van der Waals surface area contributed by atoms with Crippen LogP contribution in [0.4, 0.5) is 35.1 Å². The van der Waals surface area contributed by atoms with Crippen LogP contribution in [0.1, 0.15) is 5.56 Å². The molecule has 0 amide bonds. The van der Waals surface area contributed by atoms with E-state index in [1.54, 1.807) is 0 Å². The third-order valence-corrected chi connectivity index (χ3v) is 3.64. The Morgan fingerprint density at radius 2 is 1.18 bits per heavy atom. The molecule has 22 heavy (non-hydrogen) atoms. The van der Waals surface area contributed by atoms with Crippen molar-refractivity contribution in [1.82, 2.24) is 0 Å². The lowest BCUT2D eigenvalue weighted by Gasteiger charge is -2.14. The molecule has 118 valence electrons. The van der Waals surface area contributed by atoms with Crippen LogP contribution in [0.25, 0.3) is 11.1 Å². The van der Waals surface area contributed by atoms with Gasteiger partial charge in [0, 0.05) is 10.0 Å². The summed E-state index contributed by atoms with van der Waals surface area (Å²) in [6.07, 6.45) is -4.88. The zero-order chi connectivity index (χ0) is 16.8. The van der Waals surface area contributed by atoms with Gasteiger partial charge >= 0.3 is 6.18 Å². The van der Waals surface area contributed by atoms with Crippen LogP contribution < -0.4 is 0 Å². The van der Waals surface area contributed by atoms with E-state index in [4.69, 9.17) is 0 Å². The van der Waals surface area contributed by atoms with Gasteiger partial charge in [-0.1, -0.05) is 12.1 Å². The number of rotatable bonds is 1. The molecule has 0 bridgehead atoms. The Bertz CT molecular complexity index is 722. The van der Waals surface area contributed by atoms with Crippen LogP contribution in [-0.4, -0.2) is 0 Å². The molecule has 0 heterocycles.